The first kappa shape index (κ1) is 25.7. The Bertz CT molecular complexity index is 1240. The fourth-order valence-electron chi connectivity index (χ4n) is 6.24. The molecule has 7 nitrogen and oxygen atoms in total. The molecule has 198 valence electrons. The fourth-order valence-corrected chi connectivity index (χ4v) is 6.24. The molecular weight excluding hydrogens is 462 g/mol. The molecule has 1 atom stereocenters. The van der Waals surface area contributed by atoms with Crippen molar-refractivity contribution in [2.24, 2.45) is 17.1 Å². The second-order valence-electron chi connectivity index (χ2n) is 11.3. The van der Waals surface area contributed by atoms with Crippen LogP contribution in [0.15, 0.2) is 51.9 Å². The van der Waals surface area contributed by atoms with Crippen LogP contribution in [0.3, 0.4) is 0 Å². The zero-order valence-corrected chi connectivity index (χ0v) is 22.6. The standard InChI is InChI=1S/C30H41N5O2/c1-4-24(10-13-31)17-33-14-11-30(12-15-33)20-35(21-30)27-7-5-6-25(16-27)18-34-19-26(8-9-28(34)36)29-22(2)32-37-23(29)3/h5-9,16,19,24H,4,10-15,17-18,20-21,31H2,1-3H3. The van der Waals surface area contributed by atoms with E-state index in [0.717, 1.165) is 60.1 Å². The van der Waals surface area contributed by atoms with Gasteiger partial charge in [0, 0.05) is 54.1 Å². The Morgan fingerprint density at radius 2 is 1.92 bits per heavy atom. The average Bonchev–Trinajstić information content (AvgIpc) is 3.22. The number of aromatic nitrogens is 2. The number of likely N-dealkylation sites (tertiary alicyclic amines) is 1. The minimum absolute atomic E-state index is 0.00708. The second-order valence-corrected chi connectivity index (χ2v) is 11.3. The summed E-state index contributed by atoms with van der Waals surface area (Å²) in [6.07, 6.45) is 6.85. The first-order chi connectivity index (χ1) is 17.9. The number of piperidine rings is 1. The fraction of sp³-hybridized carbons (Fsp3) is 0.533. The van der Waals surface area contributed by atoms with Crippen LogP contribution in [0.4, 0.5) is 5.69 Å². The Labute approximate surface area is 220 Å². The van der Waals surface area contributed by atoms with Gasteiger partial charge in [0.1, 0.15) is 5.76 Å². The Balaban J connectivity index is 1.21. The van der Waals surface area contributed by atoms with E-state index in [1.165, 1.54) is 44.6 Å². The quantitative estimate of drug-likeness (QED) is 0.465. The maximum absolute atomic E-state index is 12.7. The van der Waals surface area contributed by atoms with Gasteiger partial charge < -0.3 is 24.6 Å². The molecule has 0 amide bonds. The Morgan fingerprint density at radius 1 is 1.14 bits per heavy atom. The summed E-state index contributed by atoms with van der Waals surface area (Å²) < 4.78 is 7.11. The molecule has 37 heavy (non-hydrogen) atoms. The smallest absolute Gasteiger partial charge is 0.250 e. The van der Waals surface area contributed by atoms with Crippen molar-refractivity contribution in [3.05, 3.63) is 70.0 Å². The largest absolute Gasteiger partial charge is 0.370 e. The molecule has 2 N–H and O–H groups in total. The van der Waals surface area contributed by atoms with Crippen molar-refractivity contribution in [3.63, 3.8) is 0 Å². The van der Waals surface area contributed by atoms with E-state index in [0.29, 0.717) is 12.0 Å². The van der Waals surface area contributed by atoms with E-state index in [-0.39, 0.29) is 5.56 Å². The third kappa shape index (κ3) is 5.53. The number of nitrogens with two attached hydrogens (primary N) is 1. The molecule has 2 aromatic heterocycles. The summed E-state index contributed by atoms with van der Waals surface area (Å²) in [5.41, 5.74) is 11.4. The monoisotopic (exact) mass is 503 g/mol. The molecule has 0 aliphatic carbocycles. The third-order valence-corrected chi connectivity index (χ3v) is 8.57. The maximum atomic E-state index is 12.7. The molecular formula is C30H41N5O2. The molecule has 7 heteroatoms. The molecule has 0 bridgehead atoms. The summed E-state index contributed by atoms with van der Waals surface area (Å²) in [5.74, 6) is 1.50. The van der Waals surface area contributed by atoms with Crippen LogP contribution >= 0.6 is 0 Å². The van der Waals surface area contributed by atoms with Gasteiger partial charge in [-0.3, -0.25) is 4.79 Å². The number of hydrogen-bond acceptors (Lipinski definition) is 6. The lowest BCUT2D eigenvalue weighted by molar-refractivity contribution is 0.0663. The average molecular weight is 504 g/mol. The van der Waals surface area contributed by atoms with Crippen molar-refractivity contribution in [2.75, 3.05) is 44.2 Å². The van der Waals surface area contributed by atoms with E-state index >= 15 is 0 Å². The first-order valence-electron chi connectivity index (χ1n) is 13.8. The number of rotatable bonds is 9. The van der Waals surface area contributed by atoms with Gasteiger partial charge in [0.25, 0.3) is 5.56 Å². The van der Waals surface area contributed by atoms with E-state index < -0.39 is 0 Å². The molecule has 5 rings (SSSR count). The predicted molar refractivity (Wildman–Crippen MR) is 149 cm³/mol. The van der Waals surface area contributed by atoms with Crippen LogP contribution in [-0.2, 0) is 6.54 Å². The minimum Gasteiger partial charge on any atom is -0.370 e. The molecule has 2 aliphatic rings. The van der Waals surface area contributed by atoms with Crippen LogP contribution in [0.25, 0.3) is 11.1 Å². The van der Waals surface area contributed by atoms with Gasteiger partial charge in [0.15, 0.2) is 0 Å². The van der Waals surface area contributed by atoms with Crippen molar-refractivity contribution < 1.29 is 4.52 Å². The number of pyridine rings is 1. The van der Waals surface area contributed by atoms with Gasteiger partial charge in [-0.2, -0.15) is 0 Å². The SMILES string of the molecule is CCC(CCN)CN1CCC2(CC1)CN(c1cccc(Cn3cc(-c4c(C)noc4C)ccc3=O)c1)C2. The van der Waals surface area contributed by atoms with Crippen molar-refractivity contribution in [1.82, 2.24) is 14.6 Å². The Hall–Kier alpha value is -2.90. The Kier molecular flexibility index (Phi) is 7.54. The molecule has 2 aliphatic heterocycles. The van der Waals surface area contributed by atoms with Crippen LogP contribution in [0.2, 0.25) is 0 Å². The molecule has 3 aromatic rings. The second kappa shape index (κ2) is 10.8. The van der Waals surface area contributed by atoms with Crippen LogP contribution in [0.1, 0.15) is 49.6 Å². The molecule has 1 spiro atoms. The number of aryl methyl sites for hydroxylation is 2. The van der Waals surface area contributed by atoms with E-state index in [4.69, 9.17) is 10.3 Å². The van der Waals surface area contributed by atoms with Crippen LogP contribution < -0.4 is 16.2 Å². The molecule has 0 radical (unpaired) electrons. The van der Waals surface area contributed by atoms with Gasteiger partial charge in [-0.15, -0.1) is 0 Å². The molecule has 0 saturated carbocycles. The van der Waals surface area contributed by atoms with Crippen LogP contribution in [0.5, 0.6) is 0 Å². The molecule has 2 saturated heterocycles. The first-order valence-corrected chi connectivity index (χ1v) is 13.8. The minimum atomic E-state index is -0.00708. The van der Waals surface area contributed by atoms with Crippen molar-refractivity contribution in [1.29, 1.82) is 0 Å². The van der Waals surface area contributed by atoms with Gasteiger partial charge in [-0.05, 0) is 82.4 Å². The normalized spacial score (nSPS) is 18.2. The molecule has 2 fully saturated rings. The van der Waals surface area contributed by atoms with Gasteiger partial charge in [-0.1, -0.05) is 30.6 Å². The number of hydrogen-bond donors (Lipinski definition) is 1. The van der Waals surface area contributed by atoms with E-state index in [9.17, 15) is 4.79 Å². The predicted octanol–water partition coefficient (Wildman–Crippen LogP) is 4.45. The highest BCUT2D eigenvalue weighted by Gasteiger charge is 2.44. The highest BCUT2D eigenvalue weighted by Crippen LogP contribution is 2.43. The third-order valence-electron chi connectivity index (χ3n) is 8.57. The number of anilines is 1. The topological polar surface area (TPSA) is 80.5 Å². The number of benzene rings is 1. The molecule has 4 heterocycles. The highest BCUT2D eigenvalue weighted by molar-refractivity contribution is 5.66. The van der Waals surface area contributed by atoms with Gasteiger partial charge >= 0.3 is 0 Å². The van der Waals surface area contributed by atoms with E-state index in [2.05, 4.69) is 46.1 Å². The Morgan fingerprint density at radius 3 is 2.59 bits per heavy atom. The van der Waals surface area contributed by atoms with Gasteiger partial charge in [0.05, 0.1) is 12.2 Å². The summed E-state index contributed by atoms with van der Waals surface area (Å²) in [6, 6.07) is 12.2. The van der Waals surface area contributed by atoms with Crippen molar-refractivity contribution in [2.45, 2.75) is 53.0 Å². The lowest BCUT2D eigenvalue weighted by Crippen LogP contribution is -2.60. The number of nitrogens with zero attached hydrogens (tertiary/aromatic N) is 4. The zero-order chi connectivity index (χ0) is 26.0. The summed E-state index contributed by atoms with van der Waals surface area (Å²) in [7, 11) is 0. The summed E-state index contributed by atoms with van der Waals surface area (Å²) in [5, 5.41) is 4.06. The summed E-state index contributed by atoms with van der Waals surface area (Å²) in [6.45, 7) is 13.3. The van der Waals surface area contributed by atoms with Gasteiger partial charge in [0.2, 0.25) is 0 Å². The van der Waals surface area contributed by atoms with Crippen molar-refractivity contribution >= 4 is 5.69 Å². The van der Waals surface area contributed by atoms with E-state index in [1.54, 1.807) is 10.6 Å². The summed E-state index contributed by atoms with van der Waals surface area (Å²) in [4.78, 5) is 17.8. The zero-order valence-electron chi connectivity index (χ0n) is 22.6. The van der Waals surface area contributed by atoms with Crippen LogP contribution in [-0.4, -0.2) is 53.9 Å². The maximum Gasteiger partial charge on any atom is 0.250 e. The van der Waals surface area contributed by atoms with Crippen molar-refractivity contribution in [3.8, 4) is 11.1 Å². The van der Waals surface area contributed by atoms with Gasteiger partial charge in [-0.25, -0.2) is 0 Å². The molecule has 1 aromatic carbocycles. The van der Waals surface area contributed by atoms with E-state index in [1.807, 2.05) is 26.1 Å². The highest BCUT2D eigenvalue weighted by atomic mass is 16.5. The van der Waals surface area contributed by atoms with Crippen LogP contribution in [0, 0.1) is 25.2 Å². The summed E-state index contributed by atoms with van der Waals surface area (Å²) >= 11 is 0. The lowest BCUT2D eigenvalue weighted by Gasteiger charge is -2.55. The lowest BCUT2D eigenvalue weighted by atomic mass is 9.71. The molecule has 1 unspecified atom stereocenters.